The molecular weight excluding hydrogens is 272 g/mol. The van der Waals surface area contributed by atoms with Gasteiger partial charge in [-0.25, -0.2) is 4.98 Å². The number of amides is 1. The SMILES string of the molecule is NCCc1nc(C(=O)N2CCc3ncccc3C2)cs1. The third-order valence-corrected chi connectivity index (χ3v) is 4.29. The van der Waals surface area contributed by atoms with Gasteiger partial charge in [-0.15, -0.1) is 11.3 Å². The number of hydrogen-bond acceptors (Lipinski definition) is 5. The molecule has 5 nitrogen and oxygen atoms in total. The molecule has 1 aliphatic rings. The number of carbonyl (C=O) groups excluding carboxylic acids is 1. The minimum absolute atomic E-state index is 0.000903. The van der Waals surface area contributed by atoms with Gasteiger partial charge in [0.2, 0.25) is 0 Å². The Bertz CT molecular complexity index is 625. The molecule has 2 aromatic heterocycles. The minimum Gasteiger partial charge on any atom is -0.332 e. The van der Waals surface area contributed by atoms with E-state index in [-0.39, 0.29) is 5.91 Å². The second-order valence-electron chi connectivity index (χ2n) is 4.75. The highest BCUT2D eigenvalue weighted by atomic mass is 32.1. The Kier molecular flexibility index (Phi) is 3.75. The van der Waals surface area contributed by atoms with Gasteiger partial charge in [-0.3, -0.25) is 9.78 Å². The fourth-order valence-corrected chi connectivity index (χ4v) is 3.14. The van der Waals surface area contributed by atoms with Crippen LogP contribution in [0.1, 0.15) is 26.8 Å². The summed E-state index contributed by atoms with van der Waals surface area (Å²) in [6.45, 7) is 1.88. The third kappa shape index (κ3) is 2.57. The summed E-state index contributed by atoms with van der Waals surface area (Å²) in [5, 5.41) is 2.75. The zero-order chi connectivity index (χ0) is 13.9. The van der Waals surface area contributed by atoms with Crippen LogP contribution >= 0.6 is 11.3 Å². The van der Waals surface area contributed by atoms with E-state index in [1.165, 1.54) is 11.3 Å². The van der Waals surface area contributed by atoms with Crippen LogP contribution in [-0.2, 0) is 19.4 Å². The van der Waals surface area contributed by atoms with Crippen molar-refractivity contribution in [3.05, 3.63) is 45.7 Å². The van der Waals surface area contributed by atoms with E-state index < -0.39 is 0 Å². The van der Waals surface area contributed by atoms with Crippen molar-refractivity contribution >= 4 is 17.2 Å². The number of nitrogens with two attached hydrogens (primary N) is 1. The lowest BCUT2D eigenvalue weighted by Gasteiger charge is -2.27. The Hall–Kier alpha value is -1.79. The Morgan fingerprint density at radius 1 is 1.50 bits per heavy atom. The molecule has 104 valence electrons. The van der Waals surface area contributed by atoms with Crippen molar-refractivity contribution in [1.29, 1.82) is 0 Å². The van der Waals surface area contributed by atoms with Gasteiger partial charge in [-0.1, -0.05) is 6.07 Å². The van der Waals surface area contributed by atoms with Crippen LogP contribution in [-0.4, -0.2) is 33.9 Å². The van der Waals surface area contributed by atoms with Crippen molar-refractivity contribution in [2.45, 2.75) is 19.4 Å². The molecule has 0 unspecified atom stereocenters. The van der Waals surface area contributed by atoms with Gasteiger partial charge in [0.25, 0.3) is 5.91 Å². The summed E-state index contributed by atoms with van der Waals surface area (Å²) < 4.78 is 0. The van der Waals surface area contributed by atoms with Crippen molar-refractivity contribution in [2.24, 2.45) is 5.73 Å². The van der Waals surface area contributed by atoms with Crippen LogP contribution in [0.2, 0.25) is 0 Å². The normalized spacial score (nSPS) is 14.2. The number of thiazole rings is 1. The molecule has 3 heterocycles. The molecule has 2 aromatic rings. The van der Waals surface area contributed by atoms with Gasteiger partial charge in [0, 0.05) is 43.2 Å². The van der Waals surface area contributed by atoms with Gasteiger partial charge in [0.15, 0.2) is 0 Å². The molecule has 0 spiro atoms. The topological polar surface area (TPSA) is 72.1 Å². The maximum Gasteiger partial charge on any atom is 0.273 e. The Morgan fingerprint density at radius 3 is 3.25 bits per heavy atom. The lowest BCUT2D eigenvalue weighted by atomic mass is 10.1. The molecular formula is C14H16N4OS. The fraction of sp³-hybridized carbons (Fsp3) is 0.357. The highest BCUT2D eigenvalue weighted by Crippen LogP contribution is 2.19. The van der Waals surface area contributed by atoms with Crippen LogP contribution in [0.25, 0.3) is 0 Å². The van der Waals surface area contributed by atoms with Crippen LogP contribution in [0.15, 0.2) is 23.7 Å². The molecule has 2 N–H and O–H groups in total. The summed E-state index contributed by atoms with van der Waals surface area (Å²) in [4.78, 5) is 23.0. The Morgan fingerprint density at radius 2 is 2.40 bits per heavy atom. The zero-order valence-electron chi connectivity index (χ0n) is 11.1. The van der Waals surface area contributed by atoms with E-state index in [0.717, 1.165) is 29.1 Å². The van der Waals surface area contributed by atoms with Gasteiger partial charge < -0.3 is 10.6 Å². The Balaban J connectivity index is 1.75. The summed E-state index contributed by atoms with van der Waals surface area (Å²) in [7, 11) is 0. The van der Waals surface area contributed by atoms with E-state index in [9.17, 15) is 4.79 Å². The van der Waals surface area contributed by atoms with E-state index in [4.69, 9.17) is 5.73 Å². The molecule has 0 radical (unpaired) electrons. The lowest BCUT2D eigenvalue weighted by Crippen LogP contribution is -2.36. The van der Waals surface area contributed by atoms with Crippen LogP contribution in [0.5, 0.6) is 0 Å². The average Bonchev–Trinajstić information content (AvgIpc) is 2.95. The van der Waals surface area contributed by atoms with Crippen LogP contribution in [0.4, 0.5) is 0 Å². The predicted molar refractivity (Wildman–Crippen MR) is 77.6 cm³/mol. The van der Waals surface area contributed by atoms with Crippen molar-refractivity contribution in [1.82, 2.24) is 14.9 Å². The summed E-state index contributed by atoms with van der Waals surface area (Å²) >= 11 is 1.50. The van der Waals surface area contributed by atoms with Gasteiger partial charge in [0.1, 0.15) is 5.69 Å². The maximum atomic E-state index is 12.4. The summed E-state index contributed by atoms with van der Waals surface area (Å²) in [6, 6.07) is 3.94. The number of fused-ring (bicyclic) bond motifs is 1. The largest absolute Gasteiger partial charge is 0.332 e. The van der Waals surface area contributed by atoms with Crippen molar-refractivity contribution < 1.29 is 4.79 Å². The summed E-state index contributed by atoms with van der Waals surface area (Å²) in [5.41, 5.74) is 8.26. The number of nitrogens with zero attached hydrogens (tertiary/aromatic N) is 3. The molecule has 3 rings (SSSR count). The molecule has 6 heteroatoms. The second kappa shape index (κ2) is 5.68. The van der Waals surface area contributed by atoms with E-state index in [2.05, 4.69) is 9.97 Å². The van der Waals surface area contributed by atoms with E-state index >= 15 is 0 Å². The Labute approximate surface area is 121 Å². The molecule has 1 aliphatic heterocycles. The number of hydrogen-bond donors (Lipinski definition) is 1. The third-order valence-electron chi connectivity index (χ3n) is 3.38. The van der Waals surface area contributed by atoms with Gasteiger partial charge in [-0.05, 0) is 18.2 Å². The summed E-state index contributed by atoms with van der Waals surface area (Å²) in [6.07, 6.45) is 3.34. The highest BCUT2D eigenvalue weighted by molar-refractivity contribution is 7.09. The predicted octanol–water partition coefficient (Wildman–Crippen LogP) is 1.24. The molecule has 0 saturated carbocycles. The summed E-state index contributed by atoms with van der Waals surface area (Å²) in [5.74, 6) is -0.000903. The molecule has 0 saturated heterocycles. The standard InChI is InChI=1S/C14H16N4OS/c15-5-3-13-17-12(9-20-13)14(19)18-7-4-11-10(8-18)2-1-6-16-11/h1-2,6,9H,3-5,7-8,15H2. The molecule has 20 heavy (non-hydrogen) atoms. The van der Waals surface area contributed by atoms with E-state index in [1.54, 1.807) is 6.20 Å². The molecule has 1 amide bonds. The number of rotatable bonds is 3. The van der Waals surface area contributed by atoms with Crippen LogP contribution in [0, 0.1) is 0 Å². The first-order chi connectivity index (χ1) is 9.78. The monoisotopic (exact) mass is 288 g/mol. The van der Waals surface area contributed by atoms with Crippen molar-refractivity contribution in [3.8, 4) is 0 Å². The van der Waals surface area contributed by atoms with Gasteiger partial charge >= 0.3 is 0 Å². The first-order valence-corrected chi connectivity index (χ1v) is 7.52. The van der Waals surface area contributed by atoms with Crippen LogP contribution in [0.3, 0.4) is 0 Å². The van der Waals surface area contributed by atoms with Gasteiger partial charge in [-0.2, -0.15) is 0 Å². The van der Waals surface area contributed by atoms with Gasteiger partial charge in [0.05, 0.1) is 5.01 Å². The maximum absolute atomic E-state index is 12.4. The van der Waals surface area contributed by atoms with Crippen molar-refractivity contribution in [3.63, 3.8) is 0 Å². The lowest BCUT2D eigenvalue weighted by molar-refractivity contribution is 0.0728. The second-order valence-corrected chi connectivity index (χ2v) is 5.69. The molecule has 0 aliphatic carbocycles. The zero-order valence-corrected chi connectivity index (χ0v) is 11.9. The molecule has 0 aromatic carbocycles. The number of carbonyl (C=O) groups is 1. The average molecular weight is 288 g/mol. The first-order valence-electron chi connectivity index (χ1n) is 6.64. The van der Waals surface area contributed by atoms with E-state index in [1.807, 2.05) is 22.4 Å². The minimum atomic E-state index is -0.000903. The number of pyridine rings is 1. The fourth-order valence-electron chi connectivity index (χ4n) is 2.35. The first kappa shape index (κ1) is 13.2. The van der Waals surface area contributed by atoms with Crippen molar-refractivity contribution in [2.75, 3.05) is 13.1 Å². The van der Waals surface area contributed by atoms with E-state index in [0.29, 0.717) is 25.3 Å². The van der Waals surface area contributed by atoms with Crippen LogP contribution < -0.4 is 5.73 Å². The molecule has 0 bridgehead atoms. The highest BCUT2D eigenvalue weighted by Gasteiger charge is 2.23. The molecule has 0 fully saturated rings. The molecule has 0 atom stereocenters. The number of aromatic nitrogens is 2. The smallest absolute Gasteiger partial charge is 0.273 e. The quantitative estimate of drug-likeness (QED) is 0.922.